The van der Waals surface area contributed by atoms with Gasteiger partial charge in [0.15, 0.2) is 5.78 Å². The Morgan fingerprint density at radius 2 is 1.09 bits per heavy atom. The van der Waals surface area contributed by atoms with Crippen molar-refractivity contribution in [1.82, 2.24) is 0 Å². The summed E-state index contributed by atoms with van der Waals surface area (Å²) in [5.74, 6) is -3.54. The van der Waals surface area contributed by atoms with Crippen LogP contribution in [0, 0.1) is 0 Å². The summed E-state index contributed by atoms with van der Waals surface area (Å²) in [5.41, 5.74) is -1.18. The number of carboxylic acid groups (broad SMARTS) is 2. The second-order valence-corrected chi connectivity index (χ2v) is 5.08. The van der Waals surface area contributed by atoms with E-state index >= 15 is 0 Å². The highest BCUT2D eigenvalue weighted by molar-refractivity contribution is 6.36. The minimum Gasteiger partial charge on any atom is -0.478 e. The van der Waals surface area contributed by atoms with Crippen molar-refractivity contribution in [2.75, 3.05) is 0 Å². The first-order chi connectivity index (χ1) is 10.3. The van der Waals surface area contributed by atoms with Gasteiger partial charge in [-0.1, -0.05) is 47.5 Å². The molecule has 0 aliphatic heterocycles. The Bertz CT molecular complexity index is 733. The van der Waals surface area contributed by atoms with Crippen molar-refractivity contribution < 1.29 is 24.6 Å². The van der Waals surface area contributed by atoms with E-state index in [-0.39, 0.29) is 32.3 Å². The van der Waals surface area contributed by atoms with Crippen LogP contribution < -0.4 is 0 Å². The van der Waals surface area contributed by atoms with Gasteiger partial charge in [-0.15, -0.1) is 0 Å². The molecule has 0 bridgehead atoms. The lowest BCUT2D eigenvalue weighted by Crippen LogP contribution is -2.14. The first kappa shape index (κ1) is 16.0. The van der Waals surface area contributed by atoms with Gasteiger partial charge < -0.3 is 10.2 Å². The van der Waals surface area contributed by atoms with E-state index in [4.69, 9.17) is 23.2 Å². The van der Waals surface area contributed by atoms with Crippen molar-refractivity contribution in [2.45, 2.75) is 0 Å². The summed E-state index contributed by atoms with van der Waals surface area (Å²) in [4.78, 5) is 35.1. The van der Waals surface area contributed by atoms with Crippen LogP contribution >= 0.6 is 23.2 Å². The van der Waals surface area contributed by atoms with Crippen LogP contribution in [0.3, 0.4) is 0 Å². The summed E-state index contributed by atoms with van der Waals surface area (Å²) in [6.07, 6.45) is 0. The van der Waals surface area contributed by atoms with Crippen LogP contribution in [0.25, 0.3) is 0 Å². The molecule has 0 amide bonds. The third-order valence-corrected chi connectivity index (χ3v) is 3.57. The molecule has 0 spiro atoms. The molecule has 5 nitrogen and oxygen atoms in total. The quantitative estimate of drug-likeness (QED) is 0.830. The average molecular weight is 339 g/mol. The van der Waals surface area contributed by atoms with Gasteiger partial charge >= 0.3 is 11.9 Å². The zero-order valence-electron chi connectivity index (χ0n) is 10.8. The van der Waals surface area contributed by atoms with Crippen LogP contribution in [-0.2, 0) is 0 Å². The van der Waals surface area contributed by atoms with Gasteiger partial charge in [0.2, 0.25) is 0 Å². The number of carbonyl (C=O) groups is 3. The molecule has 0 saturated heterocycles. The van der Waals surface area contributed by atoms with Crippen molar-refractivity contribution in [3.63, 3.8) is 0 Å². The molecule has 2 N–H and O–H groups in total. The third kappa shape index (κ3) is 2.81. The topological polar surface area (TPSA) is 91.7 Å². The Hall–Kier alpha value is -2.37. The van der Waals surface area contributed by atoms with Gasteiger partial charge in [-0.05, 0) is 12.1 Å². The first-order valence-corrected chi connectivity index (χ1v) is 6.68. The number of hydrogen-bond donors (Lipinski definition) is 2. The van der Waals surface area contributed by atoms with Crippen molar-refractivity contribution in [3.8, 4) is 0 Å². The molecule has 0 aliphatic carbocycles. The molecule has 22 heavy (non-hydrogen) atoms. The van der Waals surface area contributed by atoms with Gasteiger partial charge in [0, 0.05) is 11.1 Å². The number of ketones is 1. The number of halogens is 2. The Morgan fingerprint density at radius 3 is 1.41 bits per heavy atom. The van der Waals surface area contributed by atoms with E-state index in [9.17, 15) is 24.6 Å². The highest BCUT2D eigenvalue weighted by atomic mass is 35.5. The van der Waals surface area contributed by atoms with Crippen LogP contribution in [0.1, 0.15) is 36.6 Å². The van der Waals surface area contributed by atoms with Crippen LogP contribution in [0.15, 0.2) is 36.4 Å². The van der Waals surface area contributed by atoms with Gasteiger partial charge in [-0.3, -0.25) is 4.79 Å². The highest BCUT2D eigenvalue weighted by Crippen LogP contribution is 2.26. The summed E-state index contributed by atoms with van der Waals surface area (Å²) in [5, 5.41) is 18.2. The maximum Gasteiger partial charge on any atom is 0.337 e. The molecule has 2 aromatic carbocycles. The Labute approximate surface area is 134 Å². The monoisotopic (exact) mass is 338 g/mol. The smallest absolute Gasteiger partial charge is 0.337 e. The number of hydrogen-bond acceptors (Lipinski definition) is 3. The minimum absolute atomic E-state index is 0.114. The Balaban J connectivity index is 2.70. The minimum atomic E-state index is -1.38. The zero-order valence-corrected chi connectivity index (χ0v) is 12.4. The van der Waals surface area contributed by atoms with E-state index in [2.05, 4.69) is 0 Å². The number of carboxylic acids is 2. The molecule has 2 rings (SSSR count). The van der Waals surface area contributed by atoms with Gasteiger partial charge in [-0.25, -0.2) is 9.59 Å². The molecule has 0 atom stereocenters. The molecule has 0 radical (unpaired) electrons. The normalized spacial score (nSPS) is 10.3. The third-order valence-electron chi connectivity index (χ3n) is 2.94. The lowest BCUT2D eigenvalue weighted by Gasteiger charge is -2.10. The summed E-state index contributed by atoms with van der Waals surface area (Å²) >= 11 is 11.6. The van der Waals surface area contributed by atoms with Gasteiger partial charge in [0.05, 0.1) is 21.2 Å². The molecule has 2 aromatic rings. The molecule has 0 aliphatic rings. The molecule has 0 aromatic heterocycles. The fourth-order valence-corrected chi connectivity index (χ4v) is 2.52. The second-order valence-electron chi connectivity index (χ2n) is 4.26. The van der Waals surface area contributed by atoms with Gasteiger partial charge in [-0.2, -0.15) is 0 Å². The van der Waals surface area contributed by atoms with E-state index in [1.54, 1.807) is 0 Å². The first-order valence-electron chi connectivity index (χ1n) is 5.93. The molecule has 112 valence electrons. The van der Waals surface area contributed by atoms with E-state index in [0.717, 1.165) is 0 Å². The van der Waals surface area contributed by atoms with Crippen molar-refractivity contribution in [3.05, 3.63) is 68.7 Å². The van der Waals surface area contributed by atoms with Crippen molar-refractivity contribution in [2.24, 2.45) is 0 Å². The molecule has 0 saturated carbocycles. The lowest BCUT2D eigenvalue weighted by molar-refractivity contribution is 0.0686. The maximum atomic E-state index is 12.6. The van der Waals surface area contributed by atoms with E-state index in [0.29, 0.717) is 0 Å². The van der Waals surface area contributed by atoms with E-state index < -0.39 is 17.7 Å². The molecule has 7 heteroatoms. The number of aromatic carboxylic acids is 2. The molecular weight excluding hydrogens is 331 g/mol. The fourth-order valence-electron chi connectivity index (χ4n) is 2.01. The molecule has 0 fully saturated rings. The SMILES string of the molecule is O=C(c1cccc(Cl)c1C(=O)O)c1cccc(Cl)c1C(=O)O. The highest BCUT2D eigenvalue weighted by Gasteiger charge is 2.25. The lowest BCUT2D eigenvalue weighted by atomic mass is 9.95. The molecule has 0 unspecified atom stereocenters. The van der Waals surface area contributed by atoms with Crippen LogP contribution in [0.2, 0.25) is 10.0 Å². The number of benzene rings is 2. The van der Waals surface area contributed by atoms with Gasteiger partial charge in [0.25, 0.3) is 0 Å². The summed E-state index contributed by atoms with van der Waals surface area (Å²) in [6.45, 7) is 0. The summed E-state index contributed by atoms with van der Waals surface area (Å²) in [7, 11) is 0. The summed E-state index contributed by atoms with van der Waals surface area (Å²) < 4.78 is 0. The number of rotatable bonds is 4. The second kappa shape index (κ2) is 6.17. The summed E-state index contributed by atoms with van der Waals surface area (Å²) in [6, 6.07) is 8.02. The fraction of sp³-hybridized carbons (Fsp3) is 0. The number of carbonyl (C=O) groups excluding carboxylic acids is 1. The predicted octanol–water partition coefficient (Wildman–Crippen LogP) is 3.62. The van der Waals surface area contributed by atoms with Crippen LogP contribution in [0.4, 0.5) is 0 Å². The van der Waals surface area contributed by atoms with E-state index in [1.807, 2.05) is 0 Å². The predicted molar refractivity (Wildman–Crippen MR) is 80.3 cm³/mol. The van der Waals surface area contributed by atoms with Crippen LogP contribution in [0.5, 0.6) is 0 Å². The maximum absolute atomic E-state index is 12.6. The van der Waals surface area contributed by atoms with E-state index in [1.165, 1.54) is 36.4 Å². The molecular formula is C15H8Cl2O5. The average Bonchev–Trinajstić information content (AvgIpc) is 2.45. The van der Waals surface area contributed by atoms with Gasteiger partial charge in [0.1, 0.15) is 0 Å². The van der Waals surface area contributed by atoms with Crippen LogP contribution in [-0.4, -0.2) is 27.9 Å². The largest absolute Gasteiger partial charge is 0.478 e. The zero-order chi connectivity index (χ0) is 16.4. The molecule has 0 heterocycles. The standard InChI is InChI=1S/C15H8Cl2O5/c16-9-5-1-3-7(11(9)14(19)20)13(18)8-4-2-6-10(17)12(8)15(21)22/h1-6H,(H,19,20)(H,21,22). The Kier molecular flexibility index (Phi) is 4.49. The van der Waals surface area contributed by atoms with Crippen molar-refractivity contribution in [1.29, 1.82) is 0 Å². The van der Waals surface area contributed by atoms with Crippen molar-refractivity contribution >= 4 is 40.9 Å². The Morgan fingerprint density at radius 1 is 0.727 bits per heavy atom.